The number of rotatable bonds is 1. The van der Waals surface area contributed by atoms with Gasteiger partial charge < -0.3 is 15.1 Å². The molecule has 1 unspecified atom stereocenters. The van der Waals surface area contributed by atoms with Crippen molar-refractivity contribution in [2.45, 2.75) is 13.3 Å². The van der Waals surface area contributed by atoms with E-state index < -0.39 is 0 Å². The second-order valence-corrected chi connectivity index (χ2v) is 4.57. The van der Waals surface area contributed by atoms with E-state index in [9.17, 15) is 19.8 Å². The Morgan fingerprint density at radius 3 is 2.78 bits per heavy atom. The van der Waals surface area contributed by atoms with Crippen LogP contribution in [0.4, 0.5) is 0 Å². The maximum Gasteiger partial charge on any atom is 0.257 e. The fourth-order valence-corrected chi connectivity index (χ4v) is 2.07. The Hall–Kier alpha value is -2.04. The van der Waals surface area contributed by atoms with Crippen LogP contribution in [0.2, 0.25) is 0 Å². The summed E-state index contributed by atoms with van der Waals surface area (Å²) < 4.78 is 0. The first-order valence-electron chi connectivity index (χ1n) is 5.83. The number of piperidine rings is 1. The van der Waals surface area contributed by atoms with Gasteiger partial charge in [-0.3, -0.25) is 9.59 Å². The third-order valence-corrected chi connectivity index (χ3v) is 3.17. The Morgan fingerprint density at radius 1 is 1.39 bits per heavy atom. The van der Waals surface area contributed by atoms with Crippen molar-refractivity contribution in [1.82, 2.24) is 4.90 Å². The molecule has 2 rings (SSSR count). The van der Waals surface area contributed by atoms with Crippen molar-refractivity contribution in [3.05, 3.63) is 23.8 Å². The molecule has 96 valence electrons. The Labute approximate surface area is 105 Å². The van der Waals surface area contributed by atoms with Crippen LogP contribution in [0.1, 0.15) is 23.7 Å². The van der Waals surface area contributed by atoms with Gasteiger partial charge in [-0.1, -0.05) is 6.92 Å². The summed E-state index contributed by atoms with van der Waals surface area (Å²) in [5.41, 5.74) is 0.0662. The fraction of sp³-hybridized carbons (Fsp3) is 0.385. The summed E-state index contributed by atoms with van der Waals surface area (Å²) in [6.45, 7) is 2.49. The second kappa shape index (κ2) is 4.68. The average molecular weight is 249 g/mol. The van der Waals surface area contributed by atoms with Crippen LogP contribution in [0.3, 0.4) is 0 Å². The zero-order valence-corrected chi connectivity index (χ0v) is 10.1. The van der Waals surface area contributed by atoms with Crippen molar-refractivity contribution < 1.29 is 19.8 Å². The lowest BCUT2D eigenvalue weighted by Crippen LogP contribution is -2.43. The average Bonchev–Trinajstić information content (AvgIpc) is 2.35. The largest absolute Gasteiger partial charge is 0.508 e. The van der Waals surface area contributed by atoms with Crippen LogP contribution in [0, 0.1) is 5.92 Å². The van der Waals surface area contributed by atoms with Crippen LogP contribution in [-0.4, -0.2) is 39.9 Å². The highest BCUT2D eigenvalue weighted by molar-refractivity contribution is 5.98. The van der Waals surface area contributed by atoms with Crippen molar-refractivity contribution >= 4 is 11.7 Å². The zero-order chi connectivity index (χ0) is 13.3. The lowest BCUT2D eigenvalue weighted by molar-refractivity contribution is -0.124. The standard InChI is InChI=1S/C13H15NO4/c1-8-7-14(5-4-11(8)16)13(18)10-6-9(15)2-3-12(10)17/h2-3,6,8,15,17H,4-5,7H2,1H3. The number of carbonyl (C=O) groups is 2. The highest BCUT2D eigenvalue weighted by atomic mass is 16.3. The molecule has 5 heteroatoms. The van der Waals surface area contributed by atoms with E-state index in [2.05, 4.69) is 0 Å². The van der Waals surface area contributed by atoms with E-state index in [1.807, 2.05) is 0 Å². The van der Waals surface area contributed by atoms with Crippen LogP contribution >= 0.6 is 0 Å². The van der Waals surface area contributed by atoms with Gasteiger partial charge in [-0.25, -0.2) is 0 Å². The number of hydrogen-bond donors (Lipinski definition) is 2. The maximum absolute atomic E-state index is 12.2. The molecule has 0 aliphatic carbocycles. The summed E-state index contributed by atoms with van der Waals surface area (Å²) in [7, 11) is 0. The van der Waals surface area contributed by atoms with Crippen molar-refractivity contribution in [2.75, 3.05) is 13.1 Å². The first-order chi connectivity index (χ1) is 8.49. The van der Waals surface area contributed by atoms with Crippen molar-refractivity contribution in [2.24, 2.45) is 5.92 Å². The summed E-state index contributed by atoms with van der Waals surface area (Å²) in [5, 5.41) is 19.0. The molecule has 18 heavy (non-hydrogen) atoms. The number of amides is 1. The molecule has 1 amide bonds. The molecule has 0 spiro atoms. The molecule has 0 radical (unpaired) electrons. The highest BCUT2D eigenvalue weighted by Crippen LogP contribution is 2.25. The number of aromatic hydroxyl groups is 2. The number of hydrogen-bond acceptors (Lipinski definition) is 4. The predicted octanol–water partition coefficient (Wildman–Crippen LogP) is 1.15. The fourth-order valence-electron chi connectivity index (χ4n) is 2.07. The molecule has 1 aliphatic rings. The van der Waals surface area contributed by atoms with Gasteiger partial charge in [-0.2, -0.15) is 0 Å². The van der Waals surface area contributed by atoms with Gasteiger partial charge in [0.1, 0.15) is 17.3 Å². The van der Waals surface area contributed by atoms with Crippen LogP contribution < -0.4 is 0 Å². The van der Waals surface area contributed by atoms with E-state index in [1.165, 1.54) is 23.1 Å². The molecular weight excluding hydrogens is 234 g/mol. The quantitative estimate of drug-likeness (QED) is 0.732. The van der Waals surface area contributed by atoms with Gasteiger partial charge in [0.05, 0.1) is 5.56 Å². The van der Waals surface area contributed by atoms with E-state index in [-0.39, 0.29) is 34.7 Å². The first kappa shape index (κ1) is 12.4. The number of phenolic OH excluding ortho intramolecular Hbond substituents is 2. The number of carbonyl (C=O) groups excluding carboxylic acids is 2. The van der Waals surface area contributed by atoms with Gasteiger partial charge >= 0.3 is 0 Å². The van der Waals surface area contributed by atoms with E-state index in [0.717, 1.165) is 0 Å². The van der Waals surface area contributed by atoms with E-state index in [4.69, 9.17) is 0 Å². The van der Waals surface area contributed by atoms with Crippen molar-refractivity contribution in [1.29, 1.82) is 0 Å². The van der Waals surface area contributed by atoms with Gasteiger partial charge in [0, 0.05) is 25.4 Å². The molecule has 5 nitrogen and oxygen atoms in total. The molecule has 1 atom stereocenters. The molecule has 0 saturated carbocycles. The summed E-state index contributed by atoms with van der Waals surface area (Å²) in [4.78, 5) is 25.1. The van der Waals surface area contributed by atoms with Crippen LogP contribution in [0.15, 0.2) is 18.2 Å². The topological polar surface area (TPSA) is 77.8 Å². The third-order valence-electron chi connectivity index (χ3n) is 3.17. The van der Waals surface area contributed by atoms with Gasteiger partial charge in [-0.15, -0.1) is 0 Å². The van der Waals surface area contributed by atoms with E-state index in [0.29, 0.717) is 19.5 Å². The number of nitrogens with zero attached hydrogens (tertiary/aromatic N) is 1. The van der Waals surface area contributed by atoms with Gasteiger partial charge in [-0.05, 0) is 18.2 Å². The lowest BCUT2D eigenvalue weighted by Gasteiger charge is -2.30. The molecule has 0 aromatic heterocycles. The minimum Gasteiger partial charge on any atom is -0.508 e. The summed E-state index contributed by atoms with van der Waals surface area (Å²) in [6, 6.07) is 3.83. The Bertz CT molecular complexity index is 498. The van der Waals surface area contributed by atoms with Crippen molar-refractivity contribution in [3.8, 4) is 11.5 Å². The van der Waals surface area contributed by atoms with E-state index >= 15 is 0 Å². The predicted molar refractivity (Wildman–Crippen MR) is 64.5 cm³/mol. The third kappa shape index (κ3) is 2.30. The summed E-state index contributed by atoms with van der Waals surface area (Å²) in [5.74, 6) is -0.622. The zero-order valence-electron chi connectivity index (χ0n) is 10.1. The molecule has 1 aromatic rings. The molecule has 1 saturated heterocycles. The molecule has 1 aliphatic heterocycles. The molecule has 0 bridgehead atoms. The lowest BCUT2D eigenvalue weighted by atomic mass is 9.98. The number of Topliss-reactive ketones (excluding diaryl/α,β-unsaturated/α-hetero) is 1. The van der Waals surface area contributed by atoms with E-state index in [1.54, 1.807) is 6.92 Å². The Balaban J connectivity index is 2.21. The molecular formula is C13H15NO4. The number of likely N-dealkylation sites (tertiary alicyclic amines) is 1. The molecule has 1 fully saturated rings. The van der Waals surface area contributed by atoms with Crippen LogP contribution in [0.5, 0.6) is 11.5 Å². The summed E-state index contributed by atoms with van der Waals surface area (Å²) >= 11 is 0. The number of benzene rings is 1. The molecule has 2 N–H and O–H groups in total. The normalized spacial score (nSPS) is 19.9. The highest BCUT2D eigenvalue weighted by Gasteiger charge is 2.28. The first-order valence-corrected chi connectivity index (χ1v) is 5.83. The smallest absolute Gasteiger partial charge is 0.257 e. The minimum atomic E-state index is -0.359. The van der Waals surface area contributed by atoms with Crippen LogP contribution in [-0.2, 0) is 4.79 Å². The second-order valence-electron chi connectivity index (χ2n) is 4.57. The minimum absolute atomic E-state index is 0.0662. The monoisotopic (exact) mass is 249 g/mol. The summed E-state index contributed by atoms with van der Waals surface area (Å²) in [6.07, 6.45) is 0.340. The van der Waals surface area contributed by atoms with Gasteiger partial charge in [0.15, 0.2) is 0 Å². The van der Waals surface area contributed by atoms with Crippen molar-refractivity contribution in [3.63, 3.8) is 0 Å². The Morgan fingerprint density at radius 2 is 2.11 bits per heavy atom. The molecule has 1 aromatic carbocycles. The Kier molecular flexibility index (Phi) is 3.23. The van der Waals surface area contributed by atoms with Gasteiger partial charge in [0.25, 0.3) is 5.91 Å². The molecule has 1 heterocycles. The maximum atomic E-state index is 12.2. The number of phenols is 2. The van der Waals surface area contributed by atoms with Crippen LogP contribution in [0.25, 0.3) is 0 Å². The number of ketones is 1. The SMILES string of the molecule is CC1CN(C(=O)c2cc(O)ccc2O)CCC1=O. The van der Waals surface area contributed by atoms with Gasteiger partial charge in [0.2, 0.25) is 0 Å².